The number of nitrogens with zero attached hydrogens (tertiary/aromatic N) is 3. The Balaban J connectivity index is 0.00000200. The van der Waals surface area contributed by atoms with Crippen LogP contribution in [0.3, 0.4) is 0 Å². The van der Waals surface area contributed by atoms with E-state index in [1.54, 1.807) is 6.92 Å². The van der Waals surface area contributed by atoms with E-state index in [4.69, 9.17) is 0 Å². The number of nitrogens with one attached hydrogen (secondary N) is 2. The molecule has 2 N–H and O–H groups in total. The average molecular weight is 395 g/mol. The van der Waals surface area contributed by atoms with Crippen LogP contribution in [0.2, 0.25) is 0 Å². The zero-order valence-corrected chi connectivity index (χ0v) is 14.7. The Bertz CT molecular complexity index is 338. The molecule has 2 rings (SSSR count). The van der Waals surface area contributed by atoms with Crippen molar-refractivity contribution < 1.29 is 4.79 Å². The first-order chi connectivity index (χ1) is 9.19. The number of piperazine rings is 1. The van der Waals surface area contributed by atoms with Gasteiger partial charge in [0.25, 0.3) is 0 Å². The smallest absolute Gasteiger partial charge is 0.219 e. The minimum Gasteiger partial charge on any atom is -0.355 e. The van der Waals surface area contributed by atoms with Gasteiger partial charge in [-0.05, 0) is 12.8 Å². The highest BCUT2D eigenvalue weighted by Gasteiger charge is 2.22. The summed E-state index contributed by atoms with van der Waals surface area (Å²) in [5.41, 5.74) is 0. The first kappa shape index (κ1) is 17.5. The summed E-state index contributed by atoms with van der Waals surface area (Å²) in [5.74, 6) is 1.09. The van der Waals surface area contributed by atoms with Crippen molar-refractivity contribution in [3.8, 4) is 0 Å². The number of carbonyl (C=O) groups is 1. The highest BCUT2D eigenvalue weighted by Crippen LogP contribution is 2.18. The number of halogens is 1. The molecule has 1 saturated heterocycles. The number of carbonyl (C=O) groups excluding carboxylic acids is 1. The fourth-order valence-corrected chi connectivity index (χ4v) is 2.23. The molecular weight excluding hydrogens is 369 g/mol. The maximum atomic E-state index is 11.2. The Morgan fingerprint density at radius 2 is 1.90 bits per heavy atom. The molecule has 116 valence electrons. The van der Waals surface area contributed by atoms with Gasteiger partial charge in [-0.25, -0.2) is 0 Å². The van der Waals surface area contributed by atoms with E-state index in [2.05, 4.69) is 20.5 Å². The maximum Gasteiger partial charge on any atom is 0.219 e. The SMILES string of the molecule is CN=C(NCCN1CCN(C(C)=O)CC1)NC1CC1.I. The normalized spacial score (nSPS) is 20.3. The molecule has 0 aromatic heterocycles. The summed E-state index contributed by atoms with van der Waals surface area (Å²) < 4.78 is 0. The van der Waals surface area contributed by atoms with E-state index < -0.39 is 0 Å². The fourth-order valence-electron chi connectivity index (χ4n) is 2.23. The summed E-state index contributed by atoms with van der Waals surface area (Å²) >= 11 is 0. The molecule has 0 radical (unpaired) electrons. The van der Waals surface area contributed by atoms with Crippen LogP contribution < -0.4 is 10.6 Å². The van der Waals surface area contributed by atoms with E-state index in [0.29, 0.717) is 6.04 Å². The Kier molecular flexibility index (Phi) is 7.57. The largest absolute Gasteiger partial charge is 0.355 e. The number of aliphatic imine (C=N–C) groups is 1. The Hall–Kier alpha value is -0.570. The fraction of sp³-hybridized carbons (Fsp3) is 0.846. The van der Waals surface area contributed by atoms with Crippen LogP contribution in [0.4, 0.5) is 0 Å². The van der Waals surface area contributed by atoms with Gasteiger partial charge < -0.3 is 15.5 Å². The Morgan fingerprint density at radius 1 is 1.25 bits per heavy atom. The van der Waals surface area contributed by atoms with Crippen molar-refractivity contribution in [3.05, 3.63) is 0 Å². The first-order valence-electron chi connectivity index (χ1n) is 7.14. The minimum absolute atomic E-state index is 0. The van der Waals surface area contributed by atoms with Crippen molar-refractivity contribution in [2.45, 2.75) is 25.8 Å². The molecule has 7 heteroatoms. The molecule has 1 saturated carbocycles. The van der Waals surface area contributed by atoms with Crippen LogP contribution in [0, 0.1) is 0 Å². The van der Waals surface area contributed by atoms with Gasteiger partial charge in [-0.15, -0.1) is 24.0 Å². The van der Waals surface area contributed by atoms with E-state index in [9.17, 15) is 4.79 Å². The molecule has 0 unspecified atom stereocenters. The Labute approximate surface area is 138 Å². The van der Waals surface area contributed by atoms with Gasteiger partial charge in [0.05, 0.1) is 0 Å². The monoisotopic (exact) mass is 395 g/mol. The van der Waals surface area contributed by atoms with Gasteiger partial charge in [0.2, 0.25) is 5.91 Å². The summed E-state index contributed by atoms with van der Waals surface area (Å²) in [5, 5.41) is 6.71. The quantitative estimate of drug-likeness (QED) is 0.403. The van der Waals surface area contributed by atoms with Crippen molar-refractivity contribution >= 4 is 35.8 Å². The van der Waals surface area contributed by atoms with Gasteiger partial charge in [-0.1, -0.05) is 0 Å². The van der Waals surface area contributed by atoms with E-state index in [-0.39, 0.29) is 29.9 Å². The molecule has 0 atom stereocenters. The summed E-state index contributed by atoms with van der Waals surface area (Å²) in [6, 6.07) is 0.630. The highest BCUT2D eigenvalue weighted by atomic mass is 127. The number of rotatable bonds is 4. The van der Waals surface area contributed by atoms with Gasteiger partial charge >= 0.3 is 0 Å². The van der Waals surface area contributed by atoms with Gasteiger partial charge in [-0.2, -0.15) is 0 Å². The lowest BCUT2D eigenvalue weighted by Crippen LogP contribution is -2.50. The zero-order chi connectivity index (χ0) is 13.7. The molecular formula is C13H26IN5O. The second-order valence-electron chi connectivity index (χ2n) is 5.27. The lowest BCUT2D eigenvalue weighted by atomic mass is 10.3. The van der Waals surface area contributed by atoms with Gasteiger partial charge in [-0.3, -0.25) is 14.7 Å². The molecule has 1 amide bonds. The predicted molar refractivity (Wildman–Crippen MR) is 91.6 cm³/mol. The summed E-state index contributed by atoms with van der Waals surface area (Å²) in [4.78, 5) is 19.7. The van der Waals surface area contributed by atoms with Crippen LogP contribution >= 0.6 is 24.0 Å². The third-order valence-electron chi connectivity index (χ3n) is 3.68. The van der Waals surface area contributed by atoms with Crippen LogP contribution in [0.1, 0.15) is 19.8 Å². The van der Waals surface area contributed by atoms with Crippen LogP contribution in [-0.4, -0.2) is 74.0 Å². The highest BCUT2D eigenvalue weighted by molar-refractivity contribution is 14.0. The van der Waals surface area contributed by atoms with Gasteiger partial charge in [0, 0.05) is 59.3 Å². The van der Waals surface area contributed by atoms with Gasteiger partial charge in [0.1, 0.15) is 0 Å². The summed E-state index contributed by atoms with van der Waals surface area (Å²) in [6.07, 6.45) is 2.52. The number of guanidine groups is 1. The van der Waals surface area contributed by atoms with Crippen molar-refractivity contribution in [3.63, 3.8) is 0 Å². The average Bonchev–Trinajstić information content (AvgIpc) is 3.22. The van der Waals surface area contributed by atoms with E-state index in [1.807, 2.05) is 11.9 Å². The molecule has 0 spiro atoms. The second kappa shape index (κ2) is 8.66. The molecule has 6 nitrogen and oxygen atoms in total. The Morgan fingerprint density at radius 3 is 2.40 bits per heavy atom. The molecule has 0 bridgehead atoms. The number of hydrogen-bond donors (Lipinski definition) is 2. The molecule has 0 aromatic carbocycles. The summed E-state index contributed by atoms with van der Waals surface area (Å²) in [6.45, 7) is 7.18. The van der Waals surface area contributed by atoms with Crippen LogP contribution in [0.5, 0.6) is 0 Å². The minimum atomic E-state index is 0. The standard InChI is InChI=1S/C13H25N5O.HI/c1-11(19)18-9-7-17(8-10-18)6-5-15-13(14-2)16-12-3-4-12;/h12H,3-10H2,1-2H3,(H2,14,15,16);1H. The second-order valence-corrected chi connectivity index (χ2v) is 5.27. The summed E-state index contributed by atoms with van der Waals surface area (Å²) in [7, 11) is 1.81. The van der Waals surface area contributed by atoms with Crippen molar-refractivity contribution in [1.82, 2.24) is 20.4 Å². The van der Waals surface area contributed by atoms with E-state index in [1.165, 1.54) is 12.8 Å². The lowest BCUT2D eigenvalue weighted by Gasteiger charge is -2.34. The topological polar surface area (TPSA) is 60.0 Å². The third kappa shape index (κ3) is 5.82. The number of amides is 1. The van der Waals surface area contributed by atoms with Crippen molar-refractivity contribution in [2.75, 3.05) is 46.3 Å². The van der Waals surface area contributed by atoms with Crippen molar-refractivity contribution in [1.29, 1.82) is 0 Å². The molecule has 1 aliphatic carbocycles. The predicted octanol–water partition coefficient (Wildman–Crippen LogP) is 0.0959. The zero-order valence-electron chi connectivity index (χ0n) is 12.4. The molecule has 20 heavy (non-hydrogen) atoms. The van der Waals surface area contributed by atoms with Crippen molar-refractivity contribution in [2.24, 2.45) is 4.99 Å². The lowest BCUT2D eigenvalue weighted by molar-refractivity contribution is -0.130. The van der Waals surface area contributed by atoms with Crippen LogP contribution in [0.25, 0.3) is 0 Å². The molecule has 2 aliphatic rings. The van der Waals surface area contributed by atoms with Gasteiger partial charge in [0.15, 0.2) is 5.96 Å². The first-order valence-corrected chi connectivity index (χ1v) is 7.14. The molecule has 0 aromatic rings. The van der Waals surface area contributed by atoms with Crippen LogP contribution in [0.15, 0.2) is 4.99 Å². The molecule has 2 fully saturated rings. The van der Waals surface area contributed by atoms with E-state index >= 15 is 0 Å². The third-order valence-corrected chi connectivity index (χ3v) is 3.68. The number of hydrogen-bond acceptors (Lipinski definition) is 3. The molecule has 1 aliphatic heterocycles. The van der Waals surface area contributed by atoms with Crippen LogP contribution in [-0.2, 0) is 4.79 Å². The van der Waals surface area contributed by atoms with E-state index in [0.717, 1.165) is 45.2 Å². The maximum absolute atomic E-state index is 11.2. The molecule has 1 heterocycles.